The van der Waals surface area contributed by atoms with E-state index >= 15 is 0 Å². The van der Waals surface area contributed by atoms with Gasteiger partial charge in [-0.25, -0.2) is 4.98 Å². The summed E-state index contributed by atoms with van der Waals surface area (Å²) in [5.41, 5.74) is 9.08. The summed E-state index contributed by atoms with van der Waals surface area (Å²) < 4.78 is 5.09. The van der Waals surface area contributed by atoms with Gasteiger partial charge in [-0.3, -0.25) is 9.88 Å². The summed E-state index contributed by atoms with van der Waals surface area (Å²) in [4.78, 5) is 11.0. The first-order chi connectivity index (χ1) is 10.1. The van der Waals surface area contributed by atoms with Crippen molar-refractivity contribution in [3.8, 4) is 5.88 Å². The van der Waals surface area contributed by atoms with E-state index in [4.69, 9.17) is 10.5 Å². The van der Waals surface area contributed by atoms with Gasteiger partial charge in [0.25, 0.3) is 0 Å². The van der Waals surface area contributed by atoms with Crippen LogP contribution in [-0.4, -0.2) is 35.6 Å². The van der Waals surface area contributed by atoms with E-state index < -0.39 is 0 Å². The molecule has 2 rings (SSSR count). The molecule has 112 valence electrons. The number of pyridine rings is 2. The van der Waals surface area contributed by atoms with Gasteiger partial charge in [0, 0.05) is 37.1 Å². The monoisotopic (exact) mass is 286 g/mol. The van der Waals surface area contributed by atoms with Crippen LogP contribution in [-0.2, 0) is 6.54 Å². The molecule has 0 saturated heterocycles. The molecule has 0 fully saturated rings. The van der Waals surface area contributed by atoms with Crippen molar-refractivity contribution in [2.45, 2.75) is 19.5 Å². The Balaban J connectivity index is 2.12. The van der Waals surface area contributed by atoms with Crippen molar-refractivity contribution < 1.29 is 4.74 Å². The van der Waals surface area contributed by atoms with E-state index in [-0.39, 0.29) is 6.04 Å². The van der Waals surface area contributed by atoms with Gasteiger partial charge >= 0.3 is 0 Å². The first-order valence-electron chi connectivity index (χ1n) is 6.97. The van der Waals surface area contributed by atoms with E-state index in [1.165, 1.54) is 0 Å². The lowest BCUT2D eigenvalue weighted by molar-refractivity contribution is 0.238. The fourth-order valence-electron chi connectivity index (χ4n) is 2.33. The molecule has 2 aromatic heterocycles. The Morgan fingerprint density at radius 3 is 2.67 bits per heavy atom. The molecular weight excluding hydrogens is 264 g/mol. The molecule has 2 aromatic rings. The highest BCUT2D eigenvalue weighted by Crippen LogP contribution is 2.20. The van der Waals surface area contributed by atoms with Crippen molar-refractivity contribution in [3.63, 3.8) is 0 Å². The number of hydrogen-bond donors (Lipinski definition) is 1. The van der Waals surface area contributed by atoms with E-state index in [0.29, 0.717) is 12.4 Å². The van der Waals surface area contributed by atoms with Crippen molar-refractivity contribution >= 4 is 0 Å². The number of hydrogen-bond acceptors (Lipinski definition) is 5. The van der Waals surface area contributed by atoms with E-state index in [1.807, 2.05) is 50.5 Å². The number of aryl methyl sites for hydroxylation is 1. The Morgan fingerprint density at radius 1 is 1.29 bits per heavy atom. The predicted molar refractivity (Wildman–Crippen MR) is 83.0 cm³/mol. The smallest absolute Gasteiger partial charge is 0.212 e. The van der Waals surface area contributed by atoms with Crippen LogP contribution in [0.25, 0.3) is 0 Å². The molecule has 5 heteroatoms. The van der Waals surface area contributed by atoms with Gasteiger partial charge < -0.3 is 10.5 Å². The van der Waals surface area contributed by atoms with Crippen LogP contribution in [0.2, 0.25) is 0 Å². The summed E-state index contributed by atoms with van der Waals surface area (Å²) in [6.07, 6.45) is 1.82. The fourth-order valence-corrected chi connectivity index (χ4v) is 2.33. The third kappa shape index (κ3) is 4.00. The molecule has 0 aliphatic carbocycles. The third-order valence-corrected chi connectivity index (χ3v) is 3.47. The second-order valence-corrected chi connectivity index (χ2v) is 5.07. The SMILES string of the molecule is COc1ccc(C(CN)N(C)Cc2cccc(C)n2)cn1. The lowest BCUT2D eigenvalue weighted by Crippen LogP contribution is -2.30. The van der Waals surface area contributed by atoms with Crippen molar-refractivity contribution in [2.24, 2.45) is 5.73 Å². The summed E-state index contributed by atoms with van der Waals surface area (Å²) >= 11 is 0. The fraction of sp³-hybridized carbons (Fsp3) is 0.375. The molecule has 0 bridgehead atoms. The molecule has 0 aromatic carbocycles. The molecule has 2 heterocycles. The minimum atomic E-state index is 0.103. The molecular formula is C16H22N4O. The maximum absolute atomic E-state index is 5.94. The Kier molecular flexibility index (Phi) is 5.25. The molecule has 0 saturated carbocycles. The number of nitrogens with two attached hydrogens (primary N) is 1. The van der Waals surface area contributed by atoms with E-state index in [9.17, 15) is 0 Å². The molecule has 0 amide bonds. The Morgan fingerprint density at radius 2 is 2.10 bits per heavy atom. The second-order valence-electron chi connectivity index (χ2n) is 5.07. The molecule has 0 aliphatic rings. The topological polar surface area (TPSA) is 64.3 Å². The Labute approximate surface area is 125 Å². The van der Waals surface area contributed by atoms with Gasteiger partial charge in [-0.2, -0.15) is 0 Å². The van der Waals surface area contributed by atoms with Crippen LogP contribution in [0.1, 0.15) is 23.0 Å². The zero-order chi connectivity index (χ0) is 15.2. The average molecular weight is 286 g/mol. The third-order valence-electron chi connectivity index (χ3n) is 3.47. The average Bonchev–Trinajstić information content (AvgIpc) is 2.48. The zero-order valence-corrected chi connectivity index (χ0v) is 12.8. The van der Waals surface area contributed by atoms with Gasteiger partial charge in [-0.05, 0) is 31.7 Å². The number of rotatable bonds is 6. The normalized spacial score (nSPS) is 12.4. The summed E-state index contributed by atoms with van der Waals surface area (Å²) in [6.45, 7) is 3.27. The molecule has 0 aliphatic heterocycles. The standard InChI is InChI=1S/C16H22N4O/c1-12-5-4-6-14(19-12)11-20(2)15(9-17)13-7-8-16(21-3)18-10-13/h4-8,10,15H,9,11,17H2,1-3H3. The van der Waals surface area contributed by atoms with Gasteiger partial charge in [-0.1, -0.05) is 12.1 Å². The quantitative estimate of drug-likeness (QED) is 0.879. The first-order valence-corrected chi connectivity index (χ1v) is 6.97. The number of nitrogens with zero attached hydrogens (tertiary/aromatic N) is 3. The van der Waals surface area contributed by atoms with Crippen molar-refractivity contribution in [3.05, 3.63) is 53.5 Å². The van der Waals surface area contributed by atoms with Crippen LogP contribution in [0.3, 0.4) is 0 Å². The van der Waals surface area contributed by atoms with Crippen LogP contribution < -0.4 is 10.5 Å². The Bertz CT molecular complexity index is 571. The highest BCUT2D eigenvalue weighted by Gasteiger charge is 2.16. The van der Waals surface area contributed by atoms with Crippen LogP contribution >= 0.6 is 0 Å². The highest BCUT2D eigenvalue weighted by molar-refractivity contribution is 5.21. The van der Waals surface area contributed by atoms with E-state index in [1.54, 1.807) is 7.11 Å². The number of likely N-dealkylation sites (N-methyl/N-ethyl adjacent to an activating group) is 1. The van der Waals surface area contributed by atoms with Crippen LogP contribution in [0.5, 0.6) is 5.88 Å². The number of ether oxygens (including phenoxy) is 1. The maximum Gasteiger partial charge on any atom is 0.212 e. The van der Waals surface area contributed by atoms with Crippen LogP contribution in [0.15, 0.2) is 36.5 Å². The van der Waals surface area contributed by atoms with Crippen LogP contribution in [0.4, 0.5) is 0 Å². The highest BCUT2D eigenvalue weighted by atomic mass is 16.5. The summed E-state index contributed by atoms with van der Waals surface area (Å²) in [6, 6.07) is 10.0. The van der Waals surface area contributed by atoms with Crippen molar-refractivity contribution in [2.75, 3.05) is 20.7 Å². The van der Waals surface area contributed by atoms with Crippen LogP contribution in [0, 0.1) is 6.92 Å². The molecule has 21 heavy (non-hydrogen) atoms. The minimum Gasteiger partial charge on any atom is -0.481 e. The first kappa shape index (κ1) is 15.4. The van der Waals surface area contributed by atoms with Gasteiger partial charge in [0.05, 0.1) is 12.8 Å². The van der Waals surface area contributed by atoms with Gasteiger partial charge in [0.2, 0.25) is 5.88 Å². The predicted octanol–water partition coefficient (Wildman–Crippen LogP) is 1.93. The summed E-state index contributed by atoms with van der Waals surface area (Å²) in [5, 5.41) is 0. The maximum atomic E-state index is 5.94. The van der Waals surface area contributed by atoms with E-state index in [2.05, 4.69) is 14.9 Å². The largest absolute Gasteiger partial charge is 0.481 e. The molecule has 2 N–H and O–H groups in total. The molecule has 1 unspecified atom stereocenters. The lowest BCUT2D eigenvalue weighted by atomic mass is 10.1. The molecule has 0 radical (unpaired) electrons. The van der Waals surface area contributed by atoms with Gasteiger partial charge in [0.1, 0.15) is 0 Å². The van der Waals surface area contributed by atoms with E-state index in [0.717, 1.165) is 23.5 Å². The number of methoxy groups -OCH3 is 1. The Hall–Kier alpha value is -1.98. The van der Waals surface area contributed by atoms with Gasteiger partial charge in [-0.15, -0.1) is 0 Å². The second kappa shape index (κ2) is 7.15. The minimum absolute atomic E-state index is 0.103. The zero-order valence-electron chi connectivity index (χ0n) is 12.8. The lowest BCUT2D eigenvalue weighted by Gasteiger charge is -2.27. The summed E-state index contributed by atoms with van der Waals surface area (Å²) in [7, 11) is 3.66. The van der Waals surface area contributed by atoms with Gasteiger partial charge in [0.15, 0.2) is 0 Å². The van der Waals surface area contributed by atoms with Crippen molar-refractivity contribution in [1.29, 1.82) is 0 Å². The summed E-state index contributed by atoms with van der Waals surface area (Å²) in [5.74, 6) is 0.609. The molecule has 5 nitrogen and oxygen atoms in total. The molecule has 1 atom stereocenters. The van der Waals surface area contributed by atoms with Crippen molar-refractivity contribution in [1.82, 2.24) is 14.9 Å². The molecule has 0 spiro atoms. The number of aromatic nitrogens is 2.